The van der Waals surface area contributed by atoms with Gasteiger partial charge >= 0.3 is 0 Å². The molecule has 3 heterocycles. The van der Waals surface area contributed by atoms with Crippen molar-refractivity contribution < 1.29 is 4.74 Å². The molecule has 2 aliphatic heterocycles. The van der Waals surface area contributed by atoms with Crippen LogP contribution < -0.4 is 9.64 Å². The first-order valence-electron chi connectivity index (χ1n) is 9.35. The van der Waals surface area contributed by atoms with Crippen LogP contribution in [0.5, 0.6) is 5.75 Å². The summed E-state index contributed by atoms with van der Waals surface area (Å²) in [6.07, 6.45) is 8.14. The van der Waals surface area contributed by atoms with Gasteiger partial charge in [-0.15, -0.1) is 11.8 Å². The monoisotopic (exact) mass is 370 g/mol. The Bertz CT molecular complexity index is 744. The summed E-state index contributed by atoms with van der Waals surface area (Å²) in [5.74, 6) is 1.93. The molecule has 138 valence electrons. The Balaban J connectivity index is 1.39. The van der Waals surface area contributed by atoms with Crippen molar-refractivity contribution >= 4 is 17.7 Å². The van der Waals surface area contributed by atoms with Gasteiger partial charge in [-0.2, -0.15) is 0 Å². The van der Waals surface area contributed by atoms with E-state index >= 15 is 0 Å². The van der Waals surface area contributed by atoms with E-state index < -0.39 is 0 Å². The van der Waals surface area contributed by atoms with Gasteiger partial charge in [-0.25, -0.2) is 9.97 Å². The molecule has 1 saturated heterocycles. The van der Waals surface area contributed by atoms with Gasteiger partial charge in [0.05, 0.1) is 6.61 Å². The number of rotatable bonds is 4. The van der Waals surface area contributed by atoms with Crippen molar-refractivity contribution in [3.05, 3.63) is 41.7 Å². The SMILES string of the molecule is CSc1cnc(N2CCN(C(C)c3ccc4c(c3)OCCC4)CC2)nc1. The van der Waals surface area contributed by atoms with Crippen molar-refractivity contribution in [2.45, 2.75) is 30.7 Å². The Hall–Kier alpha value is -1.79. The van der Waals surface area contributed by atoms with E-state index in [0.717, 1.165) is 62.2 Å². The van der Waals surface area contributed by atoms with Crippen LogP contribution in [0, 0.1) is 0 Å². The van der Waals surface area contributed by atoms with Crippen molar-refractivity contribution in [1.29, 1.82) is 0 Å². The number of ether oxygens (including phenoxy) is 1. The van der Waals surface area contributed by atoms with Gasteiger partial charge in [-0.3, -0.25) is 4.90 Å². The molecule has 6 heteroatoms. The Kier molecular flexibility index (Phi) is 5.31. The average molecular weight is 371 g/mol. The highest BCUT2D eigenvalue weighted by Gasteiger charge is 2.24. The fraction of sp³-hybridized carbons (Fsp3) is 0.500. The predicted octanol–water partition coefficient (Wildman–Crippen LogP) is 3.41. The molecular formula is C20H26N4OS. The maximum absolute atomic E-state index is 5.85. The summed E-state index contributed by atoms with van der Waals surface area (Å²) in [4.78, 5) is 14.9. The molecule has 1 unspecified atom stereocenters. The molecule has 0 saturated carbocycles. The molecule has 0 radical (unpaired) electrons. The minimum absolute atomic E-state index is 0.396. The van der Waals surface area contributed by atoms with E-state index in [2.05, 4.69) is 44.9 Å². The molecule has 0 spiro atoms. The van der Waals surface area contributed by atoms with Gasteiger partial charge in [0.25, 0.3) is 0 Å². The normalized spacial score (nSPS) is 18.9. The second-order valence-electron chi connectivity index (χ2n) is 6.94. The molecule has 1 aromatic carbocycles. The third-order valence-corrected chi connectivity index (χ3v) is 6.10. The van der Waals surface area contributed by atoms with Crippen LogP contribution in [0.25, 0.3) is 0 Å². The summed E-state index contributed by atoms with van der Waals surface area (Å²) >= 11 is 1.67. The first kappa shape index (κ1) is 17.6. The van der Waals surface area contributed by atoms with Gasteiger partial charge < -0.3 is 9.64 Å². The molecular weight excluding hydrogens is 344 g/mol. The van der Waals surface area contributed by atoms with Crippen LogP contribution in [0.2, 0.25) is 0 Å². The minimum Gasteiger partial charge on any atom is -0.493 e. The zero-order valence-corrected chi connectivity index (χ0v) is 16.3. The highest BCUT2D eigenvalue weighted by molar-refractivity contribution is 7.98. The molecule has 0 amide bonds. The zero-order valence-electron chi connectivity index (χ0n) is 15.5. The molecule has 26 heavy (non-hydrogen) atoms. The van der Waals surface area contributed by atoms with Crippen molar-refractivity contribution in [3.63, 3.8) is 0 Å². The molecule has 2 aliphatic rings. The summed E-state index contributed by atoms with van der Waals surface area (Å²) in [6.45, 7) is 7.11. The maximum atomic E-state index is 5.85. The van der Waals surface area contributed by atoms with Crippen LogP contribution in [-0.2, 0) is 6.42 Å². The Morgan fingerprint density at radius 1 is 1.12 bits per heavy atom. The van der Waals surface area contributed by atoms with Crippen molar-refractivity contribution in [1.82, 2.24) is 14.9 Å². The molecule has 0 N–H and O–H groups in total. The van der Waals surface area contributed by atoms with Crippen LogP contribution in [0.4, 0.5) is 5.95 Å². The number of anilines is 1. The molecule has 5 nitrogen and oxygen atoms in total. The van der Waals surface area contributed by atoms with E-state index in [0.29, 0.717) is 6.04 Å². The fourth-order valence-corrected chi connectivity index (χ4v) is 4.03. The first-order valence-corrected chi connectivity index (χ1v) is 10.6. The van der Waals surface area contributed by atoms with E-state index in [1.165, 1.54) is 11.1 Å². The third-order valence-electron chi connectivity index (χ3n) is 5.42. The predicted molar refractivity (Wildman–Crippen MR) is 106 cm³/mol. The van der Waals surface area contributed by atoms with E-state index in [9.17, 15) is 0 Å². The van der Waals surface area contributed by atoms with Crippen molar-refractivity contribution in [2.75, 3.05) is 43.9 Å². The molecule has 1 atom stereocenters. The van der Waals surface area contributed by atoms with E-state index in [1.54, 1.807) is 11.8 Å². The molecule has 1 aromatic heterocycles. The van der Waals surface area contributed by atoms with Crippen LogP contribution in [0.15, 0.2) is 35.5 Å². The number of fused-ring (bicyclic) bond motifs is 1. The number of aromatic nitrogens is 2. The quantitative estimate of drug-likeness (QED) is 0.769. The highest BCUT2D eigenvalue weighted by Crippen LogP contribution is 2.30. The number of nitrogens with zero attached hydrogens (tertiary/aromatic N) is 4. The van der Waals surface area contributed by atoms with Crippen molar-refractivity contribution in [2.24, 2.45) is 0 Å². The lowest BCUT2D eigenvalue weighted by molar-refractivity contribution is 0.197. The smallest absolute Gasteiger partial charge is 0.225 e. The van der Waals surface area contributed by atoms with Crippen LogP contribution in [-0.4, -0.2) is 53.9 Å². The van der Waals surface area contributed by atoms with Crippen molar-refractivity contribution in [3.8, 4) is 5.75 Å². The lowest BCUT2D eigenvalue weighted by Gasteiger charge is -2.38. The van der Waals surface area contributed by atoms with Crippen LogP contribution in [0.3, 0.4) is 0 Å². The summed E-state index contributed by atoms with van der Waals surface area (Å²) < 4.78 is 5.85. The van der Waals surface area contributed by atoms with E-state index in [1.807, 2.05) is 18.6 Å². The zero-order chi connectivity index (χ0) is 17.9. The van der Waals surface area contributed by atoms with Crippen LogP contribution >= 0.6 is 11.8 Å². The largest absolute Gasteiger partial charge is 0.493 e. The summed E-state index contributed by atoms with van der Waals surface area (Å²) in [7, 11) is 0. The molecule has 1 fully saturated rings. The maximum Gasteiger partial charge on any atom is 0.225 e. The van der Waals surface area contributed by atoms with E-state index in [-0.39, 0.29) is 0 Å². The highest BCUT2D eigenvalue weighted by atomic mass is 32.2. The number of hydrogen-bond donors (Lipinski definition) is 0. The van der Waals surface area contributed by atoms with Gasteiger partial charge in [0, 0.05) is 49.5 Å². The number of benzene rings is 1. The minimum atomic E-state index is 0.396. The average Bonchev–Trinajstić information content (AvgIpc) is 2.73. The number of thioether (sulfide) groups is 1. The van der Waals surface area contributed by atoms with Gasteiger partial charge in [0.2, 0.25) is 5.95 Å². The molecule has 0 bridgehead atoms. The van der Waals surface area contributed by atoms with Gasteiger partial charge in [-0.1, -0.05) is 12.1 Å². The molecule has 2 aromatic rings. The van der Waals surface area contributed by atoms with Crippen LogP contribution in [0.1, 0.15) is 30.5 Å². The summed E-state index contributed by atoms with van der Waals surface area (Å²) in [5.41, 5.74) is 2.70. The number of hydrogen-bond acceptors (Lipinski definition) is 6. The molecule has 4 rings (SSSR count). The lowest BCUT2D eigenvalue weighted by Crippen LogP contribution is -2.47. The van der Waals surface area contributed by atoms with Gasteiger partial charge in [0.15, 0.2) is 0 Å². The van der Waals surface area contributed by atoms with Gasteiger partial charge in [-0.05, 0) is 43.2 Å². The standard InChI is InChI=1S/C20H26N4OS/c1-15(17-6-5-16-4-3-11-25-19(16)12-17)23-7-9-24(10-8-23)20-21-13-18(26-2)14-22-20/h5-6,12-15H,3-4,7-11H2,1-2H3. The second-order valence-corrected chi connectivity index (χ2v) is 7.82. The number of piperazine rings is 1. The summed E-state index contributed by atoms with van der Waals surface area (Å²) in [6, 6.07) is 7.16. The topological polar surface area (TPSA) is 41.5 Å². The van der Waals surface area contributed by atoms with E-state index in [4.69, 9.17) is 4.74 Å². The Morgan fingerprint density at radius 2 is 1.88 bits per heavy atom. The number of aryl methyl sites for hydroxylation is 1. The first-order chi connectivity index (χ1) is 12.7. The molecule has 0 aliphatic carbocycles. The summed E-state index contributed by atoms with van der Waals surface area (Å²) in [5, 5.41) is 0. The Labute approximate surface area is 159 Å². The third kappa shape index (κ3) is 3.67. The Morgan fingerprint density at radius 3 is 2.62 bits per heavy atom. The fourth-order valence-electron chi connectivity index (χ4n) is 3.71. The lowest BCUT2D eigenvalue weighted by atomic mass is 10.00. The van der Waals surface area contributed by atoms with Gasteiger partial charge in [0.1, 0.15) is 5.75 Å². The second kappa shape index (κ2) is 7.84.